The Balaban J connectivity index is 2.01. The van der Waals surface area contributed by atoms with Crippen molar-refractivity contribution in [1.82, 2.24) is 4.90 Å². The highest BCUT2D eigenvalue weighted by Crippen LogP contribution is 2.26. The third kappa shape index (κ3) is 4.36. The lowest BCUT2D eigenvalue weighted by Gasteiger charge is -2.18. The van der Waals surface area contributed by atoms with E-state index in [9.17, 15) is 22.8 Å². The molecule has 1 fully saturated rings. The van der Waals surface area contributed by atoms with Gasteiger partial charge in [0.1, 0.15) is 12.6 Å². The van der Waals surface area contributed by atoms with Crippen LogP contribution in [-0.2, 0) is 9.59 Å². The van der Waals surface area contributed by atoms with Crippen molar-refractivity contribution in [3.63, 3.8) is 0 Å². The van der Waals surface area contributed by atoms with Gasteiger partial charge in [0.25, 0.3) is 0 Å². The van der Waals surface area contributed by atoms with Gasteiger partial charge in [0.05, 0.1) is 16.5 Å². The zero-order valence-electron chi connectivity index (χ0n) is 11.7. The molecular weight excluding hydrogens is 335 g/mol. The fourth-order valence-corrected chi connectivity index (χ4v) is 2.47. The molecule has 23 heavy (non-hydrogen) atoms. The van der Waals surface area contributed by atoms with Crippen LogP contribution >= 0.6 is 11.6 Å². The third-order valence-electron chi connectivity index (χ3n) is 3.31. The zero-order valence-corrected chi connectivity index (χ0v) is 12.4. The molecule has 1 saturated heterocycles. The second kappa shape index (κ2) is 6.46. The Morgan fingerprint density at radius 2 is 2.17 bits per heavy atom. The van der Waals surface area contributed by atoms with E-state index in [1.165, 1.54) is 18.2 Å². The second-order valence-electron chi connectivity index (χ2n) is 5.09. The summed E-state index contributed by atoms with van der Waals surface area (Å²) < 4.78 is 37.0. The van der Waals surface area contributed by atoms with Crippen LogP contribution in [-0.4, -0.2) is 36.0 Å². The van der Waals surface area contributed by atoms with Gasteiger partial charge in [-0.15, -0.1) is 0 Å². The average Bonchev–Trinajstić information content (AvgIpc) is 2.78. The zero-order chi connectivity index (χ0) is 17.2. The standard InChI is InChI=1S/C14H11ClF3N3O2/c15-11-4-10(2-1-8(11)5-19)20-13(23)9-3-12(22)21(6-9)7-14(16,17)18/h1-2,4,9H,3,6-7H2,(H,20,23). The number of likely N-dealkylation sites (tertiary alicyclic amines) is 1. The van der Waals surface area contributed by atoms with E-state index in [-0.39, 0.29) is 23.6 Å². The predicted molar refractivity (Wildman–Crippen MR) is 75.5 cm³/mol. The number of hydrogen-bond donors (Lipinski definition) is 1. The molecule has 1 heterocycles. The van der Waals surface area contributed by atoms with Crippen LogP contribution < -0.4 is 5.32 Å². The molecule has 1 aliphatic heterocycles. The summed E-state index contributed by atoms with van der Waals surface area (Å²) in [6, 6.07) is 6.09. The van der Waals surface area contributed by atoms with E-state index in [2.05, 4.69) is 5.32 Å². The van der Waals surface area contributed by atoms with Crippen molar-refractivity contribution in [2.45, 2.75) is 12.6 Å². The van der Waals surface area contributed by atoms with Crippen LogP contribution in [0.2, 0.25) is 5.02 Å². The molecule has 0 aliphatic carbocycles. The molecule has 1 aromatic rings. The molecule has 1 N–H and O–H groups in total. The summed E-state index contributed by atoms with van der Waals surface area (Å²) in [5, 5.41) is 11.4. The van der Waals surface area contributed by atoms with Gasteiger partial charge in [0, 0.05) is 18.7 Å². The summed E-state index contributed by atoms with van der Waals surface area (Å²) in [6.45, 7) is -1.65. The molecule has 0 radical (unpaired) electrons. The summed E-state index contributed by atoms with van der Waals surface area (Å²) in [4.78, 5) is 24.2. The number of nitrogens with zero attached hydrogens (tertiary/aromatic N) is 2. The number of anilines is 1. The van der Waals surface area contributed by atoms with Crippen LogP contribution in [0.3, 0.4) is 0 Å². The largest absolute Gasteiger partial charge is 0.406 e. The number of alkyl halides is 3. The van der Waals surface area contributed by atoms with Crippen molar-refractivity contribution in [2.24, 2.45) is 5.92 Å². The number of nitriles is 1. The first kappa shape index (κ1) is 17.1. The van der Waals surface area contributed by atoms with Crippen molar-refractivity contribution in [1.29, 1.82) is 5.26 Å². The molecule has 0 saturated carbocycles. The molecule has 122 valence electrons. The van der Waals surface area contributed by atoms with Crippen LogP contribution in [0, 0.1) is 17.2 Å². The quantitative estimate of drug-likeness (QED) is 0.915. The number of carbonyl (C=O) groups is 2. The molecule has 2 amide bonds. The van der Waals surface area contributed by atoms with Crippen molar-refractivity contribution in [3.8, 4) is 6.07 Å². The van der Waals surface area contributed by atoms with Gasteiger partial charge in [0.2, 0.25) is 11.8 Å². The number of amides is 2. The number of carbonyl (C=O) groups excluding carboxylic acids is 2. The predicted octanol–water partition coefficient (Wildman–Crippen LogP) is 2.56. The van der Waals surface area contributed by atoms with E-state index < -0.39 is 30.5 Å². The lowest BCUT2D eigenvalue weighted by atomic mass is 10.1. The summed E-state index contributed by atoms with van der Waals surface area (Å²) in [6.07, 6.45) is -4.77. The van der Waals surface area contributed by atoms with Gasteiger partial charge >= 0.3 is 6.18 Å². The lowest BCUT2D eigenvalue weighted by Crippen LogP contribution is -2.36. The van der Waals surface area contributed by atoms with Gasteiger partial charge in [-0.1, -0.05) is 11.6 Å². The van der Waals surface area contributed by atoms with Crippen LogP contribution in [0.15, 0.2) is 18.2 Å². The number of halogens is 4. The minimum absolute atomic E-state index is 0.145. The van der Waals surface area contributed by atoms with Crippen LogP contribution in [0.1, 0.15) is 12.0 Å². The highest BCUT2D eigenvalue weighted by atomic mass is 35.5. The lowest BCUT2D eigenvalue weighted by molar-refractivity contribution is -0.157. The van der Waals surface area contributed by atoms with Crippen molar-refractivity contribution in [2.75, 3.05) is 18.4 Å². The normalized spacial score (nSPS) is 18.0. The maximum atomic E-state index is 12.3. The highest BCUT2D eigenvalue weighted by Gasteiger charge is 2.40. The Morgan fingerprint density at radius 3 is 2.74 bits per heavy atom. The van der Waals surface area contributed by atoms with Crippen molar-refractivity contribution >= 4 is 29.1 Å². The number of nitrogens with one attached hydrogen (secondary N) is 1. The van der Waals surface area contributed by atoms with Gasteiger partial charge in [0.15, 0.2) is 0 Å². The maximum absolute atomic E-state index is 12.3. The molecule has 0 bridgehead atoms. The fraction of sp³-hybridized carbons (Fsp3) is 0.357. The Labute approximate surface area is 134 Å². The van der Waals surface area contributed by atoms with E-state index in [1.54, 1.807) is 0 Å². The minimum atomic E-state index is -4.50. The van der Waals surface area contributed by atoms with Crippen molar-refractivity contribution in [3.05, 3.63) is 28.8 Å². The van der Waals surface area contributed by atoms with Gasteiger partial charge in [-0.25, -0.2) is 0 Å². The summed E-state index contributed by atoms with van der Waals surface area (Å²) in [7, 11) is 0. The molecule has 2 rings (SSSR count). The Bertz CT molecular complexity index is 685. The van der Waals surface area contributed by atoms with Gasteiger partial charge in [-0.05, 0) is 18.2 Å². The molecule has 1 atom stereocenters. The first-order chi connectivity index (χ1) is 10.7. The Morgan fingerprint density at radius 1 is 1.48 bits per heavy atom. The molecule has 1 aromatic carbocycles. The van der Waals surface area contributed by atoms with E-state index in [0.717, 1.165) is 0 Å². The summed E-state index contributed by atoms with van der Waals surface area (Å²) in [5.41, 5.74) is 0.540. The van der Waals surface area contributed by atoms with Crippen LogP contribution in [0.5, 0.6) is 0 Å². The highest BCUT2D eigenvalue weighted by molar-refractivity contribution is 6.32. The number of rotatable bonds is 3. The molecule has 1 unspecified atom stereocenters. The molecule has 0 spiro atoms. The average molecular weight is 346 g/mol. The first-order valence-electron chi connectivity index (χ1n) is 6.54. The Hall–Kier alpha value is -2.27. The van der Waals surface area contributed by atoms with Crippen LogP contribution in [0.25, 0.3) is 0 Å². The van der Waals surface area contributed by atoms with Crippen LogP contribution in [0.4, 0.5) is 18.9 Å². The smallest absolute Gasteiger partial charge is 0.333 e. The molecule has 1 aliphatic rings. The maximum Gasteiger partial charge on any atom is 0.406 e. The van der Waals surface area contributed by atoms with Crippen molar-refractivity contribution < 1.29 is 22.8 Å². The third-order valence-corrected chi connectivity index (χ3v) is 3.63. The number of hydrogen-bond acceptors (Lipinski definition) is 3. The second-order valence-corrected chi connectivity index (χ2v) is 5.49. The molecule has 9 heteroatoms. The summed E-state index contributed by atoms with van der Waals surface area (Å²) >= 11 is 5.83. The monoisotopic (exact) mass is 345 g/mol. The van der Waals surface area contributed by atoms with Gasteiger partial charge in [-0.2, -0.15) is 18.4 Å². The Kier molecular flexibility index (Phi) is 4.80. The van der Waals surface area contributed by atoms with E-state index in [4.69, 9.17) is 16.9 Å². The van der Waals surface area contributed by atoms with E-state index in [1.807, 2.05) is 6.07 Å². The molecule has 5 nitrogen and oxygen atoms in total. The van der Waals surface area contributed by atoms with Gasteiger partial charge in [-0.3, -0.25) is 9.59 Å². The van der Waals surface area contributed by atoms with E-state index in [0.29, 0.717) is 10.6 Å². The molecular formula is C14H11ClF3N3O2. The number of benzene rings is 1. The fourth-order valence-electron chi connectivity index (χ4n) is 2.24. The van der Waals surface area contributed by atoms with Gasteiger partial charge < -0.3 is 10.2 Å². The molecule has 0 aromatic heterocycles. The van der Waals surface area contributed by atoms with E-state index >= 15 is 0 Å². The SMILES string of the molecule is N#Cc1ccc(NC(=O)C2CC(=O)N(CC(F)(F)F)C2)cc1Cl. The first-order valence-corrected chi connectivity index (χ1v) is 6.92. The minimum Gasteiger partial charge on any atom is -0.333 e. The topological polar surface area (TPSA) is 73.2 Å². The summed E-state index contributed by atoms with van der Waals surface area (Å²) in [5.74, 6) is -2.14.